The fraction of sp³-hybridized carbons (Fsp3) is 0.150. The summed E-state index contributed by atoms with van der Waals surface area (Å²) in [5.41, 5.74) is 3.60. The van der Waals surface area contributed by atoms with Crippen LogP contribution < -0.4 is 15.4 Å². The predicted octanol–water partition coefficient (Wildman–Crippen LogP) is 4.75. The quantitative estimate of drug-likeness (QED) is 0.665. The van der Waals surface area contributed by atoms with Crippen LogP contribution in [0.1, 0.15) is 21.6 Å². The molecule has 1 aromatic heterocycles. The molecule has 6 nitrogen and oxygen atoms in total. The predicted molar refractivity (Wildman–Crippen MR) is 107 cm³/mol. The van der Waals surface area contributed by atoms with Gasteiger partial charge in [0.25, 0.3) is 5.91 Å². The lowest BCUT2D eigenvalue weighted by Gasteiger charge is -2.12. The molecule has 0 saturated heterocycles. The summed E-state index contributed by atoms with van der Waals surface area (Å²) < 4.78 is 5.29. The van der Waals surface area contributed by atoms with Crippen molar-refractivity contribution < 1.29 is 9.53 Å². The van der Waals surface area contributed by atoms with Crippen LogP contribution in [0.25, 0.3) is 0 Å². The molecule has 3 aromatic rings. The first kappa shape index (κ1) is 18.7. The molecule has 1 amide bonds. The van der Waals surface area contributed by atoms with Gasteiger partial charge in [0.1, 0.15) is 11.4 Å². The molecule has 0 spiro atoms. The number of nitrogens with one attached hydrogen (secondary N) is 2. The van der Waals surface area contributed by atoms with Crippen molar-refractivity contribution >= 4 is 34.8 Å². The molecule has 3 rings (SSSR count). The Hall–Kier alpha value is -3.12. The summed E-state index contributed by atoms with van der Waals surface area (Å²) in [7, 11) is 1.56. The van der Waals surface area contributed by atoms with Crippen molar-refractivity contribution in [1.82, 2.24) is 9.97 Å². The van der Waals surface area contributed by atoms with Crippen molar-refractivity contribution in [3.63, 3.8) is 0 Å². The number of halogens is 1. The SMILES string of the molecule is COc1ccc(C)cc1NC(=O)c1ccnc(Nc2ccc(Cl)cc2C)n1. The van der Waals surface area contributed by atoms with Gasteiger partial charge in [0.2, 0.25) is 5.95 Å². The molecule has 0 fully saturated rings. The molecule has 1 heterocycles. The van der Waals surface area contributed by atoms with E-state index in [9.17, 15) is 4.79 Å². The molecule has 0 radical (unpaired) electrons. The number of ether oxygens (including phenoxy) is 1. The number of aromatic nitrogens is 2. The van der Waals surface area contributed by atoms with E-state index in [-0.39, 0.29) is 11.6 Å². The summed E-state index contributed by atoms with van der Waals surface area (Å²) in [4.78, 5) is 21.1. The van der Waals surface area contributed by atoms with Gasteiger partial charge in [-0.15, -0.1) is 0 Å². The fourth-order valence-corrected chi connectivity index (χ4v) is 2.77. The van der Waals surface area contributed by atoms with Crippen LogP contribution in [0.3, 0.4) is 0 Å². The Labute approximate surface area is 162 Å². The zero-order chi connectivity index (χ0) is 19.4. The van der Waals surface area contributed by atoms with E-state index in [0.717, 1.165) is 16.8 Å². The minimum Gasteiger partial charge on any atom is -0.495 e. The molecule has 2 aromatic carbocycles. The third-order valence-electron chi connectivity index (χ3n) is 3.93. The maximum Gasteiger partial charge on any atom is 0.274 e. The Morgan fingerprint density at radius 1 is 1.07 bits per heavy atom. The van der Waals surface area contributed by atoms with Crippen LogP contribution in [0.2, 0.25) is 5.02 Å². The third-order valence-corrected chi connectivity index (χ3v) is 4.16. The van der Waals surface area contributed by atoms with E-state index in [2.05, 4.69) is 20.6 Å². The number of amides is 1. The molecular formula is C20H19ClN4O2. The maximum atomic E-state index is 12.6. The lowest BCUT2D eigenvalue weighted by Crippen LogP contribution is -2.15. The van der Waals surface area contributed by atoms with Gasteiger partial charge in [0.05, 0.1) is 12.8 Å². The zero-order valence-electron chi connectivity index (χ0n) is 15.2. The van der Waals surface area contributed by atoms with Crippen molar-refractivity contribution in [1.29, 1.82) is 0 Å². The minimum absolute atomic E-state index is 0.239. The van der Waals surface area contributed by atoms with Crippen molar-refractivity contribution in [3.05, 3.63) is 70.5 Å². The van der Waals surface area contributed by atoms with Crippen molar-refractivity contribution in [2.24, 2.45) is 0 Å². The summed E-state index contributed by atoms with van der Waals surface area (Å²) in [6.45, 7) is 3.87. The van der Waals surface area contributed by atoms with Gasteiger partial charge in [0.15, 0.2) is 0 Å². The van der Waals surface area contributed by atoms with Crippen LogP contribution in [0.5, 0.6) is 5.75 Å². The topological polar surface area (TPSA) is 76.1 Å². The number of aryl methyl sites for hydroxylation is 2. The first-order valence-electron chi connectivity index (χ1n) is 8.28. The molecule has 0 atom stereocenters. The number of nitrogens with zero attached hydrogens (tertiary/aromatic N) is 2. The second kappa shape index (κ2) is 8.05. The van der Waals surface area contributed by atoms with Gasteiger partial charge in [-0.3, -0.25) is 4.79 Å². The van der Waals surface area contributed by atoms with Gasteiger partial charge in [-0.2, -0.15) is 0 Å². The number of hydrogen-bond donors (Lipinski definition) is 2. The van der Waals surface area contributed by atoms with Crippen LogP contribution >= 0.6 is 11.6 Å². The Kier molecular flexibility index (Phi) is 5.57. The van der Waals surface area contributed by atoms with E-state index >= 15 is 0 Å². The fourth-order valence-electron chi connectivity index (χ4n) is 2.54. The van der Waals surface area contributed by atoms with Crippen LogP contribution in [0.4, 0.5) is 17.3 Å². The van der Waals surface area contributed by atoms with E-state index in [4.69, 9.17) is 16.3 Å². The van der Waals surface area contributed by atoms with Gasteiger partial charge in [-0.25, -0.2) is 9.97 Å². The maximum absolute atomic E-state index is 12.6. The number of carbonyl (C=O) groups excluding carboxylic acids is 1. The van der Waals surface area contributed by atoms with E-state index in [1.54, 1.807) is 25.3 Å². The molecule has 7 heteroatoms. The minimum atomic E-state index is -0.350. The molecule has 27 heavy (non-hydrogen) atoms. The summed E-state index contributed by atoms with van der Waals surface area (Å²) in [5, 5.41) is 6.59. The van der Waals surface area contributed by atoms with E-state index < -0.39 is 0 Å². The molecular weight excluding hydrogens is 364 g/mol. The normalized spacial score (nSPS) is 10.4. The second-order valence-electron chi connectivity index (χ2n) is 6.01. The molecule has 0 unspecified atom stereocenters. The van der Waals surface area contributed by atoms with E-state index in [0.29, 0.717) is 22.4 Å². The molecule has 0 aliphatic heterocycles. The summed E-state index contributed by atoms with van der Waals surface area (Å²) in [6.07, 6.45) is 1.53. The molecule has 0 aliphatic rings. The van der Waals surface area contributed by atoms with Crippen LogP contribution in [0.15, 0.2) is 48.7 Å². The number of anilines is 3. The summed E-state index contributed by atoms with van der Waals surface area (Å²) in [6, 6.07) is 12.6. The van der Waals surface area contributed by atoms with Crippen LogP contribution in [-0.2, 0) is 0 Å². The highest BCUT2D eigenvalue weighted by Gasteiger charge is 2.13. The number of benzene rings is 2. The molecule has 0 aliphatic carbocycles. The van der Waals surface area contributed by atoms with Gasteiger partial charge in [-0.05, 0) is 61.4 Å². The summed E-state index contributed by atoms with van der Waals surface area (Å²) >= 11 is 5.98. The van der Waals surface area contributed by atoms with Gasteiger partial charge < -0.3 is 15.4 Å². The average Bonchev–Trinajstić information content (AvgIpc) is 2.64. The number of hydrogen-bond acceptors (Lipinski definition) is 5. The van der Waals surface area contributed by atoms with E-state index in [1.165, 1.54) is 6.20 Å². The Balaban J connectivity index is 1.81. The molecule has 2 N–H and O–H groups in total. The van der Waals surface area contributed by atoms with Crippen LogP contribution in [-0.4, -0.2) is 23.0 Å². The third kappa shape index (κ3) is 4.54. The Morgan fingerprint density at radius 3 is 2.63 bits per heavy atom. The number of methoxy groups -OCH3 is 1. The lowest BCUT2D eigenvalue weighted by atomic mass is 10.2. The largest absolute Gasteiger partial charge is 0.495 e. The van der Waals surface area contributed by atoms with Gasteiger partial charge in [0, 0.05) is 16.9 Å². The molecule has 0 bridgehead atoms. The monoisotopic (exact) mass is 382 g/mol. The highest BCUT2D eigenvalue weighted by Crippen LogP contribution is 2.26. The molecule has 138 valence electrons. The van der Waals surface area contributed by atoms with Gasteiger partial charge in [-0.1, -0.05) is 17.7 Å². The smallest absolute Gasteiger partial charge is 0.274 e. The first-order chi connectivity index (χ1) is 13.0. The van der Waals surface area contributed by atoms with Crippen LogP contribution in [0, 0.1) is 13.8 Å². The highest BCUT2D eigenvalue weighted by atomic mass is 35.5. The Bertz CT molecular complexity index is 991. The highest BCUT2D eigenvalue weighted by molar-refractivity contribution is 6.30. The lowest BCUT2D eigenvalue weighted by molar-refractivity contribution is 0.102. The summed E-state index contributed by atoms with van der Waals surface area (Å²) in [5.74, 6) is 0.555. The van der Waals surface area contributed by atoms with Crippen molar-refractivity contribution in [2.45, 2.75) is 13.8 Å². The molecule has 0 saturated carbocycles. The average molecular weight is 383 g/mol. The number of carbonyl (C=O) groups is 1. The first-order valence-corrected chi connectivity index (χ1v) is 8.66. The van der Waals surface area contributed by atoms with Crippen molar-refractivity contribution in [2.75, 3.05) is 17.7 Å². The standard InChI is InChI=1S/C20H19ClN4O2/c1-12-4-7-18(27-3)17(10-12)23-19(26)16-8-9-22-20(25-16)24-15-6-5-14(21)11-13(15)2/h4-11H,1-3H3,(H,23,26)(H,22,24,25). The number of rotatable bonds is 5. The Morgan fingerprint density at radius 2 is 1.89 bits per heavy atom. The zero-order valence-corrected chi connectivity index (χ0v) is 16.0. The second-order valence-corrected chi connectivity index (χ2v) is 6.44. The van der Waals surface area contributed by atoms with Gasteiger partial charge >= 0.3 is 0 Å². The van der Waals surface area contributed by atoms with E-state index in [1.807, 2.05) is 38.1 Å². The van der Waals surface area contributed by atoms with Crippen molar-refractivity contribution in [3.8, 4) is 5.75 Å².